The summed E-state index contributed by atoms with van der Waals surface area (Å²) in [6.45, 7) is 3.36. The highest BCUT2D eigenvalue weighted by Gasteiger charge is 2.32. The number of sulfonamides is 1. The molecule has 4 rings (SSSR count). The fourth-order valence-electron chi connectivity index (χ4n) is 4.25. The van der Waals surface area contributed by atoms with Crippen molar-refractivity contribution in [2.75, 3.05) is 19.9 Å². The van der Waals surface area contributed by atoms with Crippen LogP contribution in [0, 0.1) is 16.0 Å². The first kappa shape index (κ1) is 30.5. The van der Waals surface area contributed by atoms with Crippen LogP contribution < -0.4 is 19.5 Å². The Bertz CT molecular complexity index is 1510. The van der Waals surface area contributed by atoms with Crippen molar-refractivity contribution < 1.29 is 42.6 Å². The number of pyridine rings is 1. The molecule has 224 valence electrons. The number of aliphatic hydroxyl groups is 1. The van der Waals surface area contributed by atoms with Crippen LogP contribution >= 0.6 is 0 Å². The quantitative estimate of drug-likeness (QED) is 0.192. The van der Waals surface area contributed by atoms with Crippen LogP contribution in [0.4, 0.5) is 10.5 Å². The number of amides is 1. The van der Waals surface area contributed by atoms with Crippen molar-refractivity contribution >= 4 is 21.8 Å². The SMILES string of the molecule is CC(C)CN(C[C@H](O)[C@H](Cc1ccc(Oc2ccc([N+](=O)[O-])cn2)cc1)NC(=O)O)S(=O)(=O)c1ccc2c(c1)OCO2. The van der Waals surface area contributed by atoms with E-state index < -0.39 is 33.2 Å². The molecule has 2 aromatic carbocycles. The van der Waals surface area contributed by atoms with Crippen LogP contribution in [0.5, 0.6) is 23.1 Å². The van der Waals surface area contributed by atoms with Gasteiger partial charge >= 0.3 is 6.09 Å². The Hall–Kier alpha value is -4.47. The average Bonchev–Trinajstić information content (AvgIpc) is 3.41. The molecule has 15 heteroatoms. The van der Waals surface area contributed by atoms with Gasteiger partial charge in [0.1, 0.15) is 11.9 Å². The summed E-state index contributed by atoms with van der Waals surface area (Å²) < 4.78 is 44.5. The second-order valence-electron chi connectivity index (χ2n) is 9.92. The summed E-state index contributed by atoms with van der Waals surface area (Å²) in [6, 6.07) is 12.3. The smallest absolute Gasteiger partial charge is 0.404 e. The molecule has 0 saturated heterocycles. The normalized spacial score (nSPS) is 14.0. The van der Waals surface area contributed by atoms with Crippen LogP contribution in [0.3, 0.4) is 0 Å². The maximum Gasteiger partial charge on any atom is 0.404 e. The summed E-state index contributed by atoms with van der Waals surface area (Å²) >= 11 is 0. The summed E-state index contributed by atoms with van der Waals surface area (Å²) in [5, 5.41) is 33.6. The first-order valence-corrected chi connectivity index (χ1v) is 14.3. The van der Waals surface area contributed by atoms with E-state index in [1.54, 1.807) is 24.3 Å². The van der Waals surface area contributed by atoms with E-state index >= 15 is 0 Å². The van der Waals surface area contributed by atoms with Crippen molar-refractivity contribution in [3.05, 3.63) is 76.5 Å². The van der Waals surface area contributed by atoms with E-state index in [1.807, 2.05) is 13.8 Å². The molecule has 0 fully saturated rings. The monoisotopic (exact) mass is 602 g/mol. The lowest BCUT2D eigenvalue weighted by Crippen LogP contribution is -2.50. The summed E-state index contributed by atoms with van der Waals surface area (Å²) in [6.07, 6.45) is -1.66. The third-order valence-corrected chi connectivity index (χ3v) is 8.08. The largest absolute Gasteiger partial charge is 0.465 e. The van der Waals surface area contributed by atoms with Gasteiger partial charge in [-0.25, -0.2) is 18.2 Å². The van der Waals surface area contributed by atoms with Gasteiger partial charge < -0.3 is 29.7 Å². The molecule has 0 spiro atoms. The number of benzene rings is 2. The molecular formula is C27H30N4O10S. The Balaban J connectivity index is 1.48. The number of ether oxygens (including phenoxy) is 3. The minimum atomic E-state index is -4.09. The number of nitrogens with zero attached hydrogens (tertiary/aromatic N) is 3. The first-order valence-electron chi connectivity index (χ1n) is 12.9. The van der Waals surface area contributed by atoms with E-state index in [0.717, 1.165) is 10.5 Å². The molecule has 1 aliphatic rings. The molecule has 0 unspecified atom stereocenters. The molecule has 0 bridgehead atoms. The second-order valence-corrected chi connectivity index (χ2v) is 11.9. The van der Waals surface area contributed by atoms with Crippen LogP contribution in [0.25, 0.3) is 0 Å². The van der Waals surface area contributed by atoms with Crippen LogP contribution in [0.2, 0.25) is 0 Å². The maximum absolute atomic E-state index is 13.6. The molecule has 2 heterocycles. The number of nitrogens with one attached hydrogen (secondary N) is 1. The Morgan fingerprint density at radius 2 is 1.83 bits per heavy atom. The predicted molar refractivity (Wildman–Crippen MR) is 148 cm³/mol. The van der Waals surface area contributed by atoms with E-state index in [9.17, 15) is 33.5 Å². The molecule has 3 aromatic rings. The first-order chi connectivity index (χ1) is 19.9. The van der Waals surface area contributed by atoms with Crippen molar-refractivity contribution in [1.29, 1.82) is 0 Å². The van der Waals surface area contributed by atoms with E-state index in [4.69, 9.17) is 14.2 Å². The molecule has 1 aliphatic heterocycles. The fraction of sp³-hybridized carbons (Fsp3) is 0.333. The molecule has 3 N–H and O–H groups in total. The molecule has 1 aromatic heterocycles. The molecule has 0 aliphatic carbocycles. The van der Waals surface area contributed by atoms with Gasteiger partial charge in [0.15, 0.2) is 11.5 Å². The van der Waals surface area contributed by atoms with Crippen molar-refractivity contribution in [2.45, 2.75) is 37.3 Å². The highest BCUT2D eigenvalue weighted by molar-refractivity contribution is 7.89. The van der Waals surface area contributed by atoms with Gasteiger partial charge in [0.05, 0.1) is 22.0 Å². The lowest BCUT2D eigenvalue weighted by Gasteiger charge is -2.30. The van der Waals surface area contributed by atoms with Gasteiger partial charge in [-0.15, -0.1) is 0 Å². The summed E-state index contributed by atoms with van der Waals surface area (Å²) in [4.78, 5) is 25.6. The number of carboxylic acid groups (broad SMARTS) is 1. The van der Waals surface area contributed by atoms with Crippen LogP contribution in [0.1, 0.15) is 19.4 Å². The van der Waals surface area contributed by atoms with Crippen molar-refractivity contribution in [3.63, 3.8) is 0 Å². The Morgan fingerprint density at radius 3 is 2.45 bits per heavy atom. The maximum atomic E-state index is 13.6. The zero-order valence-electron chi connectivity index (χ0n) is 22.7. The average molecular weight is 603 g/mol. The minimum absolute atomic E-state index is 0.0170. The summed E-state index contributed by atoms with van der Waals surface area (Å²) in [5.74, 6) is 1.15. The van der Waals surface area contributed by atoms with Gasteiger partial charge in [-0.2, -0.15) is 4.31 Å². The van der Waals surface area contributed by atoms with E-state index in [1.165, 1.54) is 30.3 Å². The molecule has 2 atom stereocenters. The molecule has 14 nitrogen and oxygen atoms in total. The van der Waals surface area contributed by atoms with Gasteiger partial charge in [-0.3, -0.25) is 10.1 Å². The zero-order chi connectivity index (χ0) is 30.4. The number of hydrogen-bond acceptors (Lipinski definition) is 10. The van der Waals surface area contributed by atoms with Crippen LogP contribution in [-0.4, -0.2) is 71.0 Å². The van der Waals surface area contributed by atoms with Crippen LogP contribution in [0.15, 0.2) is 65.7 Å². The number of aromatic nitrogens is 1. The highest BCUT2D eigenvalue weighted by atomic mass is 32.2. The lowest BCUT2D eigenvalue weighted by atomic mass is 10.0. The third-order valence-electron chi connectivity index (χ3n) is 6.25. The highest BCUT2D eigenvalue weighted by Crippen LogP contribution is 2.35. The molecule has 42 heavy (non-hydrogen) atoms. The van der Waals surface area contributed by atoms with Gasteiger partial charge in [0, 0.05) is 31.3 Å². The predicted octanol–water partition coefficient (Wildman–Crippen LogP) is 3.40. The number of hydrogen-bond donors (Lipinski definition) is 3. The van der Waals surface area contributed by atoms with Gasteiger partial charge in [0.25, 0.3) is 5.69 Å². The third kappa shape index (κ3) is 7.63. The standard InChI is InChI=1S/C27H30N4O10S/c1-17(2)14-30(42(37,38)21-8-9-24-25(12-21)40-16-39-24)15-23(32)22(29-27(33)34)11-18-3-6-20(7-4-18)41-26-10-5-19(13-28-26)31(35)36/h3-10,12-13,17,22-23,29,32H,11,14-16H2,1-2H3,(H,33,34)/t22-,23-/m0/s1. The fourth-order valence-corrected chi connectivity index (χ4v) is 5.89. The summed E-state index contributed by atoms with van der Waals surface area (Å²) in [5.41, 5.74) is 0.453. The number of rotatable bonds is 13. The number of nitro groups is 1. The van der Waals surface area contributed by atoms with Gasteiger partial charge in [-0.1, -0.05) is 26.0 Å². The number of fused-ring (bicyclic) bond motifs is 1. The van der Waals surface area contributed by atoms with Crippen molar-refractivity contribution in [2.24, 2.45) is 5.92 Å². The van der Waals surface area contributed by atoms with Crippen molar-refractivity contribution in [3.8, 4) is 23.1 Å². The Kier molecular flexibility index (Phi) is 9.45. The Labute approximate surface area is 241 Å². The number of carbonyl (C=O) groups is 1. The number of aliphatic hydroxyl groups excluding tert-OH is 1. The molecule has 0 saturated carbocycles. The zero-order valence-corrected chi connectivity index (χ0v) is 23.6. The lowest BCUT2D eigenvalue weighted by molar-refractivity contribution is -0.385. The molecule has 1 amide bonds. The summed E-state index contributed by atoms with van der Waals surface area (Å²) in [7, 11) is -4.09. The topological polar surface area (TPSA) is 191 Å². The van der Waals surface area contributed by atoms with Gasteiger partial charge in [-0.05, 0) is 42.2 Å². The second kappa shape index (κ2) is 13.0. The van der Waals surface area contributed by atoms with Crippen molar-refractivity contribution in [1.82, 2.24) is 14.6 Å². The van der Waals surface area contributed by atoms with E-state index in [-0.39, 0.29) is 48.7 Å². The molecule has 0 radical (unpaired) electrons. The van der Waals surface area contributed by atoms with E-state index in [2.05, 4.69) is 10.3 Å². The van der Waals surface area contributed by atoms with Crippen LogP contribution in [-0.2, 0) is 16.4 Å². The molecular weight excluding hydrogens is 572 g/mol. The van der Waals surface area contributed by atoms with Gasteiger partial charge in [0.2, 0.25) is 22.7 Å². The van der Waals surface area contributed by atoms with E-state index in [0.29, 0.717) is 22.8 Å². The Morgan fingerprint density at radius 1 is 1.12 bits per heavy atom. The minimum Gasteiger partial charge on any atom is -0.465 e.